The number of hydrogen-bond acceptors (Lipinski definition) is 3. The van der Waals surface area contributed by atoms with Gasteiger partial charge in [-0.3, -0.25) is 4.68 Å². The van der Waals surface area contributed by atoms with E-state index in [9.17, 15) is 0 Å². The Labute approximate surface area is 135 Å². The molecule has 116 valence electrons. The number of nitrogens with two attached hydrogens (primary N) is 1. The lowest BCUT2D eigenvalue weighted by atomic mass is 10.1. The van der Waals surface area contributed by atoms with Gasteiger partial charge in [-0.1, -0.05) is 18.2 Å². The molecule has 6 heteroatoms. The van der Waals surface area contributed by atoms with Gasteiger partial charge in [0.2, 0.25) is 0 Å². The van der Waals surface area contributed by atoms with Gasteiger partial charge in [0.15, 0.2) is 5.96 Å². The van der Waals surface area contributed by atoms with Gasteiger partial charge in [-0.15, -0.1) is 0 Å². The first-order valence-corrected chi connectivity index (χ1v) is 8.58. The normalized spacial score (nSPS) is 16.0. The molecule has 0 amide bonds. The number of guanidine groups is 1. The smallest absolute Gasteiger partial charge is 0.191 e. The van der Waals surface area contributed by atoms with Crippen molar-refractivity contribution in [1.82, 2.24) is 14.7 Å². The fourth-order valence-corrected chi connectivity index (χ4v) is 3.39. The maximum atomic E-state index is 6.10. The number of aryl methyl sites for hydroxylation is 1. The highest BCUT2D eigenvalue weighted by molar-refractivity contribution is 7.99. The number of aromatic nitrogens is 2. The van der Waals surface area contributed by atoms with E-state index in [1.54, 1.807) is 0 Å². The topological polar surface area (TPSA) is 59.4 Å². The molecular weight excluding hydrogens is 294 g/mol. The molecule has 5 nitrogen and oxygen atoms in total. The van der Waals surface area contributed by atoms with Gasteiger partial charge in [-0.25, -0.2) is 4.99 Å². The number of hydrogen-bond donors (Lipinski definition) is 1. The first kappa shape index (κ1) is 15.0. The maximum absolute atomic E-state index is 6.10. The second-order valence-corrected chi connectivity index (χ2v) is 6.60. The first-order valence-electron chi connectivity index (χ1n) is 7.43. The molecule has 1 aromatic heterocycles. The van der Waals surface area contributed by atoms with Crippen LogP contribution in [0.3, 0.4) is 0 Å². The fourth-order valence-electron chi connectivity index (χ4n) is 2.48. The molecule has 1 aliphatic heterocycles. The molecule has 0 bridgehead atoms. The minimum Gasteiger partial charge on any atom is -0.370 e. The molecule has 1 fully saturated rings. The van der Waals surface area contributed by atoms with Crippen molar-refractivity contribution >= 4 is 17.7 Å². The minimum absolute atomic E-state index is 0.615. The van der Waals surface area contributed by atoms with Crippen LogP contribution in [0.1, 0.15) is 5.56 Å². The Hall–Kier alpha value is -1.95. The van der Waals surface area contributed by atoms with E-state index >= 15 is 0 Å². The van der Waals surface area contributed by atoms with Gasteiger partial charge in [-0.2, -0.15) is 16.9 Å². The van der Waals surface area contributed by atoms with Crippen molar-refractivity contribution in [3.05, 3.63) is 42.2 Å². The van der Waals surface area contributed by atoms with Gasteiger partial charge < -0.3 is 10.6 Å². The summed E-state index contributed by atoms with van der Waals surface area (Å²) < 4.78 is 1.81. The number of nitrogens with zero attached hydrogens (tertiary/aromatic N) is 4. The van der Waals surface area contributed by atoms with Gasteiger partial charge in [0.1, 0.15) is 0 Å². The molecule has 0 aliphatic carbocycles. The number of rotatable bonds is 3. The predicted octanol–water partition coefficient (Wildman–Crippen LogP) is 1.95. The highest BCUT2D eigenvalue weighted by Crippen LogP contribution is 2.20. The van der Waals surface area contributed by atoms with E-state index in [-0.39, 0.29) is 0 Å². The van der Waals surface area contributed by atoms with Gasteiger partial charge >= 0.3 is 0 Å². The molecule has 2 heterocycles. The highest BCUT2D eigenvalue weighted by atomic mass is 32.2. The third-order valence-electron chi connectivity index (χ3n) is 3.72. The summed E-state index contributed by atoms with van der Waals surface area (Å²) in [5.41, 5.74) is 9.55. The molecular formula is C16H21N5S. The van der Waals surface area contributed by atoms with Gasteiger partial charge in [0.05, 0.1) is 12.7 Å². The molecule has 22 heavy (non-hydrogen) atoms. The van der Waals surface area contributed by atoms with Crippen LogP contribution in [-0.2, 0) is 13.6 Å². The van der Waals surface area contributed by atoms with Gasteiger partial charge in [0.25, 0.3) is 0 Å². The average molecular weight is 315 g/mol. The van der Waals surface area contributed by atoms with E-state index in [4.69, 9.17) is 5.73 Å². The Morgan fingerprint density at radius 1 is 1.32 bits per heavy atom. The van der Waals surface area contributed by atoms with Crippen molar-refractivity contribution in [2.24, 2.45) is 17.8 Å². The zero-order valence-electron chi connectivity index (χ0n) is 12.8. The Kier molecular flexibility index (Phi) is 4.68. The summed E-state index contributed by atoms with van der Waals surface area (Å²) in [4.78, 5) is 6.72. The quantitative estimate of drug-likeness (QED) is 0.695. The number of aliphatic imine (C=N–C) groups is 1. The van der Waals surface area contributed by atoms with Crippen LogP contribution in [0.15, 0.2) is 41.7 Å². The van der Waals surface area contributed by atoms with Crippen molar-refractivity contribution in [2.45, 2.75) is 6.54 Å². The van der Waals surface area contributed by atoms with Crippen LogP contribution in [0, 0.1) is 0 Å². The summed E-state index contributed by atoms with van der Waals surface area (Å²) >= 11 is 1.97. The first-order chi connectivity index (χ1) is 10.7. The Balaban J connectivity index is 1.70. The second kappa shape index (κ2) is 6.87. The highest BCUT2D eigenvalue weighted by Gasteiger charge is 2.11. The average Bonchev–Trinajstić information content (AvgIpc) is 3.00. The molecule has 3 rings (SSSR count). The summed E-state index contributed by atoms with van der Waals surface area (Å²) in [6, 6.07) is 8.39. The van der Waals surface area contributed by atoms with Gasteiger partial charge in [0, 0.05) is 43.4 Å². The molecule has 0 saturated carbocycles. The van der Waals surface area contributed by atoms with Crippen molar-refractivity contribution < 1.29 is 0 Å². The lowest BCUT2D eigenvalue weighted by Crippen LogP contribution is -2.42. The van der Waals surface area contributed by atoms with Crippen LogP contribution < -0.4 is 5.73 Å². The Morgan fingerprint density at radius 3 is 2.86 bits per heavy atom. The third kappa shape index (κ3) is 3.62. The van der Waals surface area contributed by atoms with Crippen molar-refractivity contribution in [3.63, 3.8) is 0 Å². The van der Waals surface area contributed by atoms with E-state index in [1.165, 1.54) is 0 Å². The zero-order valence-corrected chi connectivity index (χ0v) is 13.6. The molecule has 0 radical (unpaired) electrons. The van der Waals surface area contributed by atoms with E-state index in [0.29, 0.717) is 12.5 Å². The van der Waals surface area contributed by atoms with E-state index in [2.05, 4.69) is 39.3 Å². The largest absolute Gasteiger partial charge is 0.370 e. The molecule has 2 N–H and O–H groups in total. The van der Waals surface area contributed by atoms with Crippen LogP contribution >= 0.6 is 11.8 Å². The van der Waals surface area contributed by atoms with Crippen LogP contribution in [0.25, 0.3) is 11.1 Å². The lowest BCUT2D eigenvalue weighted by Gasteiger charge is -2.27. The van der Waals surface area contributed by atoms with Crippen LogP contribution in [0.5, 0.6) is 0 Å². The fraction of sp³-hybridized carbons (Fsp3) is 0.375. The van der Waals surface area contributed by atoms with Crippen LogP contribution in [-0.4, -0.2) is 45.2 Å². The molecule has 0 spiro atoms. The predicted molar refractivity (Wildman–Crippen MR) is 92.9 cm³/mol. The molecule has 2 aromatic rings. The van der Waals surface area contributed by atoms with Crippen molar-refractivity contribution in [3.8, 4) is 11.1 Å². The zero-order chi connectivity index (χ0) is 15.4. The molecule has 1 aromatic carbocycles. The van der Waals surface area contributed by atoms with E-state index < -0.39 is 0 Å². The maximum Gasteiger partial charge on any atom is 0.191 e. The SMILES string of the molecule is Cn1cc(-c2cccc(CN=C(N)N3CCSCC3)c2)cn1. The number of benzene rings is 1. The molecule has 0 atom stereocenters. The summed E-state index contributed by atoms with van der Waals surface area (Å²) in [5.74, 6) is 2.92. The monoisotopic (exact) mass is 315 g/mol. The number of thioether (sulfide) groups is 1. The minimum atomic E-state index is 0.615. The third-order valence-corrected chi connectivity index (χ3v) is 4.67. The van der Waals surface area contributed by atoms with E-state index in [0.717, 1.165) is 41.3 Å². The lowest BCUT2D eigenvalue weighted by molar-refractivity contribution is 0.455. The summed E-state index contributed by atoms with van der Waals surface area (Å²) in [6.07, 6.45) is 3.89. The molecule has 0 unspecified atom stereocenters. The summed E-state index contributed by atoms with van der Waals surface area (Å²) in [6.45, 7) is 2.61. The van der Waals surface area contributed by atoms with Crippen molar-refractivity contribution in [1.29, 1.82) is 0 Å². The summed E-state index contributed by atoms with van der Waals surface area (Å²) in [7, 11) is 1.93. The van der Waals surface area contributed by atoms with E-state index in [1.807, 2.05) is 35.9 Å². The Bertz CT molecular complexity index is 658. The molecule has 1 aliphatic rings. The van der Waals surface area contributed by atoms with Crippen LogP contribution in [0.4, 0.5) is 0 Å². The summed E-state index contributed by atoms with van der Waals surface area (Å²) in [5, 5.41) is 4.22. The van der Waals surface area contributed by atoms with Gasteiger partial charge in [-0.05, 0) is 17.2 Å². The Morgan fingerprint density at radius 2 is 2.14 bits per heavy atom. The second-order valence-electron chi connectivity index (χ2n) is 5.38. The van der Waals surface area contributed by atoms with Crippen molar-refractivity contribution in [2.75, 3.05) is 24.6 Å². The van der Waals surface area contributed by atoms with Crippen LogP contribution in [0.2, 0.25) is 0 Å². The standard InChI is InChI=1S/C16H21N5S/c1-20-12-15(11-19-20)14-4-2-3-13(9-14)10-18-16(17)21-5-7-22-8-6-21/h2-4,9,11-12H,5-8,10H2,1H3,(H2,17,18). The molecule has 1 saturated heterocycles.